The highest BCUT2D eigenvalue weighted by Gasteiger charge is 2.37. The molecule has 0 aliphatic heterocycles. The molecule has 0 amide bonds. The molecular weight excluding hydrogens is 267 g/mol. The van der Waals surface area contributed by atoms with Gasteiger partial charge < -0.3 is 4.74 Å². The summed E-state index contributed by atoms with van der Waals surface area (Å²) in [5.41, 5.74) is -3.17. The fourth-order valence-electron chi connectivity index (χ4n) is 1.62. The fraction of sp³-hybridized carbons (Fsp3) is 0.300. The van der Waals surface area contributed by atoms with Crippen LogP contribution in [-0.2, 0) is 10.9 Å². The minimum absolute atomic E-state index is 0.0962. The van der Waals surface area contributed by atoms with Gasteiger partial charge in [-0.25, -0.2) is 19.1 Å². The van der Waals surface area contributed by atoms with Crippen molar-refractivity contribution in [1.29, 1.82) is 0 Å². The molecule has 2 heterocycles. The van der Waals surface area contributed by atoms with Crippen LogP contribution in [0.4, 0.5) is 13.2 Å². The van der Waals surface area contributed by atoms with Crippen LogP contribution < -0.4 is 5.69 Å². The molecule has 0 atom stereocenters. The van der Waals surface area contributed by atoms with Crippen molar-refractivity contribution in [2.75, 3.05) is 6.61 Å². The lowest BCUT2D eigenvalue weighted by atomic mass is 10.2. The van der Waals surface area contributed by atoms with Crippen molar-refractivity contribution in [2.45, 2.75) is 13.1 Å². The Balaban J connectivity index is 2.83. The Bertz CT molecular complexity index is 687. The molecule has 0 aliphatic rings. The summed E-state index contributed by atoms with van der Waals surface area (Å²) in [7, 11) is 0. The zero-order chi connectivity index (χ0) is 14.2. The van der Waals surface area contributed by atoms with Crippen molar-refractivity contribution >= 4 is 11.6 Å². The third kappa shape index (κ3) is 2.18. The van der Waals surface area contributed by atoms with Gasteiger partial charge in [0.2, 0.25) is 0 Å². The number of rotatable bonds is 2. The molecule has 0 fully saturated rings. The molecule has 2 aromatic heterocycles. The summed E-state index contributed by atoms with van der Waals surface area (Å²) in [6.07, 6.45) is -4.78. The number of ether oxygens (including phenoxy) is 1. The summed E-state index contributed by atoms with van der Waals surface area (Å²) in [4.78, 5) is 23.1. The van der Waals surface area contributed by atoms with Gasteiger partial charge >= 0.3 is 17.8 Å². The third-order valence-corrected chi connectivity index (χ3v) is 2.35. The van der Waals surface area contributed by atoms with E-state index in [0.717, 1.165) is 6.07 Å². The van der Waals surface area contributed by atoms with Crippen molar-refractivity contribution in [1.82, 2.24) is 14.6 Å². The van der Waals surface area contributed by atoms with Gasteiger partial charge in [0.1, 0.15) is 5.69 Å². The number of hydrogen-bond acceptors (Lipinski definition) is 4. The van der Waals surface area contributed by atoms with Gasteiger partial charge in [0.15, 0.2) is 5.65 Å². The number of fused-ring (bicyclic) bond motifs is 1. The zero-order valence-electron chi connectivity index (χ0n) is 9.61. The monoisotopic (exact) mass is 275 g/mol. The second-order valence-corrected chi connectivity index (χ2v) is 3.54. The number of carbonyl (C=O) groups is 1. The zero-order valence-corrected chi connectivity index (χ0v) is 9.61. The van der Waals surface area contributed by atoms with Crippen LogP contribution in [0, 0.1) is 0 Å². The molecule has 19 heavy (non-hydrogen) atoms. The van der Waals surface area contributed by atoms with Crippen LogP contribution in [0.25, 0.3) is 5.65 Å². The molecule has 0 saturated heterocycles. The molecule has 1 N–H and O–H groups in total. The number of halogens is 3. The number of nitrogens with one attached hydrogen (secondary N) is 1. The number of aromatic amines is 1. The maximum Gasteiger partial charge on any atom is 0.418 e. The topological polar surface area (TPSA) is 76.5 Å². The summed E-state index contributed by atoms with van der Waals surface area (Å²) in [5, 5.41) is 5.47. The third-order valence-electron chi connectivity index (χ3n) is 2.35. The van der Waals surface area contributed by atoms with Gasteiger partial charge in [-0.1, -0.05) is 0 Å². The van der Waals surface area contributed by atoms with Crippen LogP contribution in [0.1, 0.15) is 23.0 Å². The number of aromatic nitrogens is 3. The summed E-state index contributed by atoms with van der Waals surface area (Å²) < 4.78 is 43.7. The first-order valence-electron chi connectivity index (χ1n) is 5.20. The van der Waals surface area contributed by atoms with Gasteiger partial charge in [-0.15, -0.1) is 0 Å². The summed E-state index contributed by atoms with van der Waals surface area (Å²) in [6, 6.07) is 1.67. The minimum Gasteiger partial charge on any atom is -0.461 e. The Hall–Kier alpha value is -2.32. The van der Waals surface area contributed by atoms with Gasteiger partial charge in [0, 0.05) is 0 Å². The standard InChI is InChI=1S/C10H8F3N3O3/c1-2-19-8(17)7-5(10(11,12)13)3-4-6-14-15-9(18)16(6)7/h3-4H,2H2,1H3,(H,15,18). The number of carbonyl (C=O) groups excluding carboxylic acids is 1. The highest BCUT2D eigenvalue weighted by atomic mass is 19.4. The quantitative estimate of drug-likeness (QED) is 0.836. The van der Waals surface area contributed by atoms with Crippen molar-refractivity contribution in [3.8, 4) is 0 Å². The molecule has 0 aromatic carbocycles. The molecule has 102 valence electrons. The van der Waals surface area contributed by atoms with Crippen LogP contribution in [0.2, 0.25) is 0 Å². The van der Waals surface area contributed by atoms with Crippen LogP contribution in [-0.4, -0.2) is 27.2 Å². The van der Waals surface area contributed by atoms with Crippen LogP contribution >= 0.6 is 0 Å². The maximum absolute atomic E-state index is 12.9. The number of hydrogen-bond donors (Lipinski definition) is 1. The smallest absolute Gasteiger partial charge is 0.418 e. The average Bonchev–Trinajstić information content (AvgIpc) is 2.69. The SMILES string of the molecule is CCOC(=O)c1c(C(F)(F)F)ccc2n[nH]c(=O)n12. The predicted octanol–water partition coefficient (Wildman–Crippen LogP) is 1.22. The lowest BCUT2D eigenvalue weighted by molar-refractivity contribution is -0.138. The molecule has 6 nitrogen and oxygen atoms in total. The maximum atomic E-state index is 12.9. The van der Waals surface area contributed by atoms with E-state index in [1.54, 1.807) is 0 Å². The van der Waals surface area contributed by atoms with Gasteiger partial charge in [-0.05, 0) is 19.1 Å². The Morgan fingerprint density at radius 3 is 2.74 bits per heavy atom. The molecule has 2 aromatic rings. The molecule has 9 heteroatoms. The molecule has 2 rings (SSSR count). The van der Waals surface area contributed by atoms with Gasteiger partial charge in [-0.2, -0.15) is 18.3 Å². The first-order valence-corrected chi connectivity index (χ1v) is 5.20. The normalized spacial score (nSPS) is 11.8. The van der Waals surface area contributed by atoms with Crippen molar-refractivity contribution in [3.05, 3.63) is 33.9 Å². The van der Waals surface area contributed by atoms with E-state index in [1.807, 2.05) is 5.10 Å². The van der Waals surface area contributed by atoms with Crippen LogP contribution in [0.15, 0.2) is 16.9 Å². The van der Waals surface area contributed by atoms with Gasteiger partial charge in [0.05, 0.1) is 12.2 Å². The van der Waals surface area contributed by atoms with E-state index in [4.69, 9.17) is 0 Å². The van der Waals surface area contributed by atoms with Crippen molar-refractivity contribution in [3.63, 3.8) is 0 Å². The highest BCUT2D eigenvalue weighted by Crippen LogP contribution is 2.32. The first-order chi connectivity index (χ1) is 8.86. The highest BCUT2D eigenvalue weighted by molar-refractivity contribution is 5.90. The Labute approximate surface area is 103 Å². The number of esters is 1. The van der Waals surface area contributed by atoms with Crippen molar-refractivity contribution < 1.29 is 22.7 Å². The Kier molecular flexibility index (Phi) is 3.05. The molecule has 0 saturated carbocycles. The molecule has 0 spiro atoms. The van der Waals surface area contributed by atoms with E-state index >= 15 is 0 Å². The summed E-state index contributed by atoms with van der Waals surface area (Å²) >= 11 is 0. The summed E-state index contributed by atoms with van der Waals surface area (Å²) in [5.74, 6) is -1.23. The first kappa shape index (κ1) is 13.1. The molecule has 0 bridgehead atoms. The number of pyridine rings is 1. The van der Waals surface area contributed by atoms with Crippen LogP contribution in [0.5, 0.6) is 0 Å². The van der Waals surface area contributed by atoms with E-state index in [1.165, 1.54) is 6.92 Å². The van der Waals surface area contributed by atoms with Crippen LogP contribution in [0.3, 0.4) is 0 Å². The lowest BCUT2D eigenvalue weighted by Gasteiger charge is -2.12. The van der Waals surface area contributed by atoms with Gasteiger partial charge in [-0.3, -0.25) is 0 Å². The van der Waals surface area contributed by atoms with E-state index in [0.29, 0.717) is 10.5 Å². The van der Waals surface area contributed by atoms with E-state index in [-0.39, 0.29) is 12.3 Å². The lowest BCUT2D eigenvalue weighted by Crippen LogP contribution is -2.24. The number of alkyl halides is 3. The Morgan fingerprint density at radius 1 is 1.47 bits per heavy atom. The van der Waals surface area contributed by atoms with E-state index in [9.17, 15) is 22.8 Å². The fourth-order valence-corrected chi connectivity index (χ4v) is 1.62. The molecule has 0 radical (unpaired) electrons. The predicted molar refractivity (Wildman–Crippen MR) is 56.8 cm³/mol. The Morgan fingerprint density at radius 2 is 2.16 bits per heavy atom. The molecule has 0 aliphatic carbocycles. The second-order valence-electron chi connectivity index (χ2n) is 3.54. The largest absolute Gasteiger partial charge is 0.461 e. The van der Waals surface area contributed by atoms with Crippen molar-refractivity contribution in [2.24, 2.45) is 0 Å². The minimum atomic E-state index is -4.78. The molecular formula is C10H8F3N3O3. The summed E-state index contributed by atoms with van der Waals surface area (Å²) in [6.45, 7) is 1.34. The van der Waals surface area contributed by atoms with E-state index in [2.05, 4.69) is 9.84 Å². The number of nitrogens with zero attached hydrogens (tertiary/aromatic N) is 2. The molecule has 0 unspecified atom stereocenters. The second kappa shape index (κ2) is 4.41. The van der Waals surface area contributed by atoms with E-state index < -0.39 is 29.1 Å². The average molecular weight is 275 g/mol. The van der Waals surface area contributed by atoms with Gasteiger partial charge in [0.25, 0.3) is 0 Å². The number of H-pyrrole nitrogens is 1.